The molecule has 3 rings (SSSR count). The predicted molar refractivity (Wildman–Crippen MR) is 81.5 cm³/mol. The number of anilines is 1. The first-order chi connectivity index (χ1) is 9.22. The van der Waals surface area contributed by atoms with E-state index >= 15 is 0 Å². The summed E-state index contributed by atoms with van der Waals surface area (Å²) >= 11 is 0. The van der Waals surface area contributed by atoms with E-state index in [0.29, 0.717) is 0 Å². The zero-order chi connectivity index (χ0) is 13.2. The fourth-order valence-electron chi connectivity index (χ4n) is 2.35. The summed E-state index contributed by atoms with van der Waals surface area (Å²) in [6.07, 6.45) is 1.97. The van der Waals surface area contributed by atoms with Crippen molar-refractivity contribution in [2.45, 2.75) is 20.4 Å². The van der Waals surface area contributed by atoms with Crippen molar-refractivity contribution in [3.8, 4) is 0 Å². The van der Waals surface area contributed by atoms with Gasteiger partial charge in [0.15, 0.2) is 0 Å². The topological polar surface area (TPSA) is 27.8 Å². The third kappa shape index (κ3) is 2.48. The smallest absolute Gasteiger partial charge is 0.0455 e. The van der Waals surface area contributed by atoms with Gasteiger partial charge in [-0.05, 0) is 49.2 Å². The Balaban J connectivity index is 1.79. The van der Waals surface area contributed by atoms with Crippen LogP contribution in [-0.4, -0.2) is 4.98 Å². The highest BCUT2D eigenvalue weighted by Crippen LogP contribution is 2.19. The van der Waals surface area contributed by atoms with E-state index in [-0.39, 0.29) is 0 Å². The van der Waals surface area contributed by atoms with Gasteiger partial charge in [-0.2, -0.15) is 0 Å². The molecule has 1 aromatic heterocycles. The number of hydrogen-bond acceptors (Lipinski definition) is 1. The van der Waals surface area contributed by atoms with Crippen molar-refractivity contribution < 1.29 is 0 Å². The van der Waals surface area contributed by atoms with Crippen LogP contribution in [0.25, 0.3) is 10.9 Å². The van der Waals surface area contributed by atoms with E-state index in [0.717, 1.165) is 12.2 Å². The summed E-state index contributed by atoms with van der Waals surface area (Å²) in [6, 6.07) is 15.1. The molecule has 0 spiro atoms. The van der Waals surface area contributed by atoms with Crippen LogP contribution in [0, 0.1) is 13.8 Å². The molecule has 2 heteroatoms. The lowest BCUT2D eigenvalue weighted by Gasteiger charge is -2.10. The number of benzene rings is 2. The molecule has 19 heavy (non-hydrogen) atoms. The lowest BCUT2D eigenvalue weighted by Crippen LogP contribution is -2.01. The van der Waals surface area contributed by atoms with Crippen LogP contribution in [0.1, 0.15) is 16.7 Å². The van der Waals surface area contributed by atoms with E-state index in [2.05, 4.69) is 66.6 Å². The van der Waals surface area contributed by atoms with Crippen molar-refractivity contribution in [1.29, 1.82) is 0 Å². The number of hydrogen-bond donors (Lipinski definition) is 2. The maximum absolute atomic E-state index is 3.50. The van der Waals surface area contributed by atoms with Crippen LogP contribution >= 0.6 is 0 Å². The molecule has 0 aliphatic rings. The molecule has 0 saturated carbocycles. The Labute approximate surface area is 113 Å². The van der Waals surface area contributed by atoms with Gasteiger partial charge in [-0.15, -0.1) is 0 Å². The average Bonchev–Trinajstić information content (AvgIpc) is 2.87. The Morgan fingerprint density at radius 3 is 2.79 bits per heavy atom. The van der Waals surface area contributed by atoms with Gasteiger partial charge < -0.3 is 10.3 Å². The molecule has 0 aliphatic carbocycles. The summed E-state index contributed by atoms with van der Waals surface area (Å²) in [6.45, 7) is 5.16. The molecule has 0 fully saturated rings. The minimum Gasteiger partial charge on any atom is -0.381 e. The van der Waals surface area contributed by atoms with Gasteiger partial charge in [0.2, 0.25) is 0 Å². The van der Waals surface area contributed by atoms with E-state index in [9.17, 15) is 0 Å². The van der Waals surface area contributed by atoms with Gasteiger partial charge in [0.25, 0.3) is 0 Å². The Kier molecular flexibility index (Phi) is 3.00. The first-order valence-corrected chi connectivity index (χ1v) is 6.59. The maximum Gasteiger partial charge on any atom is 0.0455 e. The lowest BCUT2D eigenvalue weighted by molar-refractivity contribution is 1.11. The third-order valence-electron chi connectivity index (χ3n) is 3.54. The molecular formula is C17H18N2. The molecule has 0 aliphatic heterocycles. The fourth-order valence-corrected chi connectivity index (χ4v) is 2.35. The molecular weight excluding hydrogens is 232 g/mol. The molecule has 0 bridgehead atoms. The van der Waals surface area contributed by atoms with Gasteiger partial charge in [-0.1, -0.05) is 23.8 Å². The molecule has 0 amide bonds. The van der Waals surface area contributed by atoms with Crippen molar-refractivity contribution in [2.75, 3.05) is 5.32 Å². The molecule has 2 aromatic carbocycles. The Bertz CT molecular complexity index is 710. The molecule has 0 radical (unpaired) electrons. The highest BCUT2D eigenvalue weighted by Gasteiger charge is 2.00. The van der Waals surface area contributed by atoms with Crippen LogP contribution in [0.3, 0.4) is 0 Å². The molecule has 0 unspecified atom stereocenters. The minimum atomic E-state index is 0.865. The predicted octanol–water partition coefficient (Wildman–Crippen LogP) is 4.40. The first-order valence-electron chi connectivity index (χ1n) is 6.59. The summed E-state index contributed by atoms with van der Waals surface area (Å²) < 4.78 is 0. The molecule has 3 aromatic rings. The summed E-state index contributed by atoms with van der Waals surface area (Å²) in [7, 11) is 0. The Hall–Kier alpha value is -2.22. The largest absolute Gasteiger partial charge is 0.381 e. The molecule has 0 saturated heterocycles. The van der Waals surface area contributed by atoms with Gasteiger partial charge in [0.05, 0.1) is 0 Å². The Morgan fingerprint density at radius 2 is 1.89 bits per heavy atom. The van der Waals surface area contributed by atoms with E-state index in [4.69, 9.17) is 0 Å². The van der Waals surface area contributed by atoms with Gasteiger partial charge in [0, 0.05) is 29.3 Å². The number of nitrogens with one attached hydrogen (secondary N) is 2. The normalized spacial score (nSPS) is 10.8. The van der Waals surface area contributed by atoms with Crippen molar-refractivity contribution in [1.82, 2.24) is 4.98 Å². The summed E-state index contributed by atoms with van der Waals surface area (Å²) in [5.41, 5.74) is 6.34. The molecule has 96 valence electrons. The summed E-state index contributed by atoms with van der Waals surface area (Å²) in [5.74, 6) is 0. The maximum atomic E-state index is 3.50. The zero-order valence-corrected chi connectivity index (χ0v) is 11.3. The summed E-state index contributed by atoms with van der Waals surface area (Å²) in [5, 5.41) is 4.74. The van der Waals surface area contributed by atoms with Gasteiger partial charge >= 0.3 is 0 Å². The lowest BCUT2D eigenvalue weighted by atomic mass is 10.1. The van der Waals surface area contributed by atoms with Crippen LogP contribution < -0.4 is 5.32 Å². The molecule has 0 atom stereocenters. The fraction of sp³-hybridized carbons (Fsp3) is 0.176. The van der Waals surface area contributed by atoms with Crippen molar-refractivity contribution >= 4 is 16.6 Å². The third-order valence-corrected chi connectivity index (χ3v) is 3.54. The van der Waals surface area contributed by atoms with E-state index < -0.39 is 0 Å². The van der Waals surface area contributed by atoms with Crippen LogP contribution in [0.5, 0.6) is 0 Å². The average molecular weight is 250 g/mol. The SMILES string of the molecule is Cc1ccc(C)c(CNc2ccc3[nH]ccc3c2)c1. The van der Waals surface area contributed by atoms with Gasteiger partial charge in [0.1, 0.15) is 0 Å². The van der Waals surface area contributed by atoms with Crippen LogP contribution in [0.2, 0.25) is 0 Å². The quantitative estimate of drug-likeness (QED) is 0.708. The van der Waals surface area contributed by atoms with Crippen LogP contribution in [0.4, 0.5) is 5.69 Å². The molecule has 2 nitrogen and oxygen atoms in total. The monoisotopic (exact) mass is 250 g/mol. The molecule has 1 heterocycles. The van der Waals surface area contributed by atoms with E-state index in [1.807, 2.05) is 6.20 Å². The second-order valence-corrected chi connectivity index (χ2v) is 5.06. The first kappa shape index (κ1) is 11.8. The Morgan fingerprint density at radius 1 is 1.00 bits per heavy atom. The number of fused-ring (bicyclic) bond motifs is 1. The van der Waals surface area contributed by atoms with Crippen molar-refractivity contribution in [2.24, 2.45) is 0 Å². The van der Waals surface area contributed by atoms with Crippen molar-refractivity contribution in [3.05, 3.63) is 65.4 Å². The second-order valence-electron chi connectivity index (χ2n) is 5.06. The number of aromatic nitrogens is 1. The van der Waals surface area contributed by atoms with Crippen LogP contribution in [0.15, 0.2) is 48.7 Å². The number of rotatable bonds is 3. The highest BCUT2D eigenvalue weighted by atomic mass is 14.9. The van der Waals surface area contributed by atoms with E-state index in [1.165, 1.54) is 27.6 Å². The zero-order valence-electron chi connectivity index (χ0n) is 11.3. The molecule has 2 N–H and O–H groups in total. The van der Waals surface area contributed by atoms with E-state index in [1.54, 1.807) is 0 Å². The number of H-pyrrole nitrogens is 1. The van der Waals surface area contributed by atoms with Gasteiger partial charge in [-0.3, -0.25) is 0 Å². The van der Waals surface area contributed by atoms with Gasteiger partial charge in [-0.25, -0.2) is 0 Å². The second kappa shape index (κ2) is 4.81. The highest BCUT2D eigenvalue weighted by molar-refractivity contribution is 5.82. The van der Waals surface area contributed by atoms with Crippen molar-refractivity contribution in [3.63, 3.8) is 0 Å². The number of aryl methyl sites for hydroxylation is 2. The number of aromatic amines is 1. The van der Waals surface area contributed by atoms with Crippen LogP contribution in [-0.2, 0) is 6.54 Å². The standard InChI is InChI=1S/C17H18N2/c1-12-3-4-13(2)15(9-12)11-19-16-5-6-17-14(10-16)7-8-18-17/h3-10,18-19H,11H2,1-2H3. The minimum absolute atomic E-state index is 0.865. The summed E-state index contributed by atoms with van der Waals surface area (Å²) in [4.78, 5) is 3.21.